The third kappa shape index (κ3) is 6.37. The van der Waals surface area contributed by atoms with Gasteiger partial charge in [-0.2, -0.15) is 4.39 Å². The minimum absolute atomic E-state index is 0.143. The Morgan fingerprint density at radius 3 is 2.61 bits per heavy atom. The van der Waals surface area contributed by atoms with Crippen molar-refractivity contribution in [3.8, 4) is 17.2 Å². The van der Waals surface area contributed by atoms with Crippen molar-refractivity contribution in [3.05, 3.63) is 95.0 Å². The molecule has 1 heterocycles. The standard InChI is InChI=1S/C26H24ClFN4O3S/c1-34-20-9-7-18(23(15-20)35-2)16-29-36-24-14-19(8-10-22(24)32-12-11-25(28)31-32)30-26(33)13-17-5-3-4-6-21(17)27/h3-12,14-15,29H,13,16H2,1-2H3,(H,30,33). The Bertz CT molecular complexity index is 1360. The van der Waals surface area contributed by atoms with Crippen LogP contribution in [0, 0.1) is 5.95 Å². The summed E-state index contributed by atoms with van der Waals surface area (Å²) in [5.74, 6) is 0.607. The lowest BCUT2D eigenvalue weighted by atomic mass is 10.1. The van der Waals surface area contributed by atoms with Gasteiger partial charge in [-0.1, -0.05) is 35.9 Å². The number of methoxy groups -OCH3 is 2. The van der Waals surface area contributed by atoms with Gasteiger partial charge in [0.25, 0.3) is 0 Å². The highest BCUT2D eigenvalue weighted by Crippen LogP contribution is 2.30. The Labute approximate surface area is 217 Å². The zero-order chi connectivity index (χ0) is 25.5. The predicted octanol–water partition coefficient (Wildman–Crippen LogP) is 5.66. The number of rotatable bonds is 10. The lowest BCUT2D eigenvalue weighted by Gasteiger charge is -2.14. The zero-order valence-electron chi connectivity index (χ0n) is 19.6. The third-order valence-corrected chi connectivity index (χ3v) is 6.50. The Kier molecular flexibility index (Phi) is 8.48. The van der Waals surface area contributed by atoms with Gasteiger partial charge < -0.3 is 14.8 Å². The van der Waals surface area contributed by atoms with Crippen LogP contribution in [-0.4, -0.2) is 29.9 Å². The summed E-state index contributed by atoms with van der Waals surface area (Å²) >= 11 is 7.52. The number of nitrogens with one attached hydrogen (secondary N) is 2. The summed E-state index contributed by atoms with van der Waals surface area (Å²) in [6.07, 6.45) is 1.68. The second kappa shape index (κ2) is 11.9. The Morgan fingerprint density at radius 2 is 1.89 bits per heavy atom. The van der Waals surface area contributed by atoms with Gasteiger partial charge in [0.1, 0.15) is 11.5 Å². The number of halogens is 2. The molecule has 4 rings (SSSR count). The van der Waals surface area contributed by atoms with E-state index >= 15 is 0 Å². The summed E-state index contributed by atoms with van der Waals surface area (Å²) in [5, 5.41) is 7.33. The second-order valence-electron chi connectivity index (χ2n) is 7.68. The van der Waals surface area contributed by atoms with E-state index in [4.69, 9.17) is 21.1 Å². The molecular formula is C26H24ClFN4O3S. The van der Waals surface area contributed by atoms with E-state index in [0.29, 0.717) is 34.4 Å². The van der Waals surface area contributed by atoms with Gasteiger partial charge in [-0.3, -0.25) is 9.52 Å². The molecule has 7 nitrogen and oxygen atoms in total. The molecular weight excluding hydrogens is 503 g/mol. The Morgan fingerprint density at radius 1 is 1.06 bits per heavy atom. The van der Waals surface area contributed by atoms with Gasteiger partial charge in [0.15, 0.2) is 0 Å². The first-order valence-corrected chi connectivity index (χ1v) is 12.2. The molecule has 10 heteroatoms. The van der Waals surface area contributed by atoms with Crippen LogP contribution in [0.15, 0.2) is 77.8 Å². The highest BCUT2D eigenvalue weighted by atomic mass is 35.5. The summed E-state index contributed by atoms with van der Waals surface area (Å²) in [5.41, 5.74) is 2.92. The summed E-state index contributed by atoms with van der Waals surface area (Å²) in [4.78, 5) is 13.4. The van der Waals surface area contributed by atoms with Gasteiger partial charge in [0.05, 0.1) is 31.2 Å². The molecule has 0 bridgehead atoms. The van der Waals surface area contributed by atoms with Crippen LogP contribution in [0.4, 0.5) is 10.1 Å². The van der Waals surface area contributed by atoms with Crippen molar-refractivity contribution < 1.29 is 18.7 Å². The monoisotopic (exact) mass is 526 g/mol. The minimum atomic E-state index is -0.584. The minimum Gasteiger partial charge on any atom is -0.497 e. The predicted molar refractivity (Wildman–Crippen MR) is 140 cm³/mol. The van der Waals surface area contributed by atoms with E-state index in [9.17, 15) is 9.18 Å². The van der Waals surface area contributed by atoms with Crippen LogP contribution < -0.4 is 19.5 Å². The van der Waals surface area contributed by atoms with E-state index in [1.54, 1.807) is 32.4 Å². The number of anilines is 1. The van der Waals surface area contributed by atoms with Crippen LogP contribution in [0.5, 0.6) is 11.5 Å². The fraction of sp³-hybridized carbons (Fsp3) is 0.154. The topological polar surface area (TPSA) is 77.4 Å². The largest absolute Gasteiger partial charge is 0.497 e. The van der Waals surface area contributed by atoms with E-state index in [1.807, 2.05) is 42.5 Å². The number of carbonyl (C=O) groups excluding carboxylic acids is 1. The van der Waals surface area contributed by atoms with E-state index in [2.05, 4.69) is 15.1 Å². The number of amides is 1. The molecule has 4 aromatic rings. The van der Waals surface area contributed by atoms with Crippen molar-refractivity contribution in [1.29, 1.82) is 0 Å². The molecule has 0 spiro atoms. The van der Waals surface area contributed by atoms with Gasteiger partial charge in [-0.05, 0) is 47.8 Å². The SMILES string of the molecule is COc1ccc(CNSc2cc(NC(=O)Cc3ccccc3Cl)ccc2-n2ccc(F)n2)c(OC)c1. The van der Waals surface area contributed by atoms with Crippen LogP contribution in [0.1, 0.15) is 11.1 Å². The van der Waals surface area contributed by atoms with E-state index < -0.39 is 5.95 Å². The number of hydrogen-bond acceptors (Lipinski definition) is 6. The van der Waals surface area contributed by atoms with Crippen molar-refractivity contribution in [3.63, 3.8) is 0 Å². The van der Waals surface area contributed by atoms with Crippen LogP contribution in [0.3, 0.4) is 0 Å². The first kappa shape index (κ1) is 25.6. The van der Waals surface area contributed by atoms with Crippen LogP contribution >= 0.6 is 23.5 Å². The zero-order valence-corrected chi connectivity index (χ0v) is 21.2. The molecule has 0 fully saturated rings. The van der Waals surface area contributed by atoms with Gasteiger partial charge in [0.2, 0.25) is 11.9 Å². The van der Waals surface area contributed by atoms with Crippen molar-refractivity contribution in [1.82, 2.24) is 14.5 Å². The summed E-state index contributed by atoms with van der Waals surface area (Å²) in [6, 6.07) is 19.4. The van der Waals surface area contributed by atoms with Crippen molar-refractivity contribution in [2.75, 3.05) is 19.5 Å². The maximum Gasteiger partial charge on any atom is 0.233 e. The van der Waals surface area contributed by atoms with Crippen LogP contribution in [-0.2, 0) is 17.8 Å². The molecule has 3 aromatic carbocycles. The van der Waals surface area contributed by atoms with Crippen molar-refractivity contribution in [2.45, 2.75) is 17.9 Å². The molecule has 0 saturated carbocycles. The first-order valence-electron chi connectivity index (χ1n) is 11.0. The maximum atomic E-state index is 13.6. The molecule has 0 atom stereocenters. The van der Waals surface area contributed by atoms with E-state index in [-0.39, 0.29) is 12.3 Å². The molecule has 0 aliphatic heterocycles. The average molecular weight is 527 g/mol. The highest BCUT2D eigenvalue weighted by Gasteiger charge is 2.13. The molecule has 0 unspecified atom stereocenters. The molecule has 186 valence electrons. The molecule has 1 amide bonds. The van der Waals surface area contributed by atoms with Gasteiger partial charge >= 0.3 is 0 Å². The van der Waals surface area contributed by atoms with E-state index in [0.717, 1.165) is 16.0 Å². The molecule has 0 aliphatic rings. The van der Waals surface area contributed by atoms with Crippen LogP contribution in [0.25, 0.3) is 5.69 Å². The first-order chi connectivity index (χ1) is 17.5. The lowest BCUT2D eigenvalue weighted by Crippen LogP contribution is -2.15. The quantitative estimate of drug-likeness (QED) is 0.260. The summed E-state index contributed by atoms with van der Waals surface area (Å²) in [7, 11) is 3.20. The molecule has 0 radical (unpaired) electrons. The van der Waals surface area contributed by atoms with Gasteiger partial charge in [-0.15, -0.1) is 5.10 Å². The maximum absolute atomic E-state index is 13.6. The van der Waals surface area contributed by atoms with Crippen molar-refractivity contribution >= 4 is 35.1 Å². The molecule has 1 aromatic heterocycles. The third-order valence-electron chi connectivity index (χ3n) is 5.29. The number of hydrogen-bond donors (Lipinski definition) is 2. The number of carbonyl (C=O) groups is 1. The molecule has 0 saturated heterocycles. The number of aromatic nitrogens is 2. The number of ether oxygens (including phenoxy) is 2. The molecule has 2 N–H and O–H groups in total. The summed E-state index contributed by atoms with van der Waals surface area (Å²) in [6.45, 7) is 0.480. The Hall–Kier alpha value is -3.53. The molecule has 0 aliphatic carbocycles. The second-order valence-corrected chi connectivity index (χ2v) is 9.02. The highest BCUT2D eigenvalue weighted by molar-refractivity contribution is 7.97. The van der Waals surface area contributed by atoms with Crippen LogP contribution in [0.2, 0.25) is 5.02 Å². The van der Waals surface area contributed by atoms with E-state index in [1.165, 1.54) is 28.9 Å². The van der Waals surface area contributed by atoms with Gasteiger partial charge in [0, 0.05) is 41.1 Å². The lowest BCUT2D eigenvalue weighted by molar-refractivity contribution is -0.115. The normalized spacial score (nSPS) is 10.8. The number of nitrogens with zero attached hydrogens (tertiary/aromatic N) is 2. The Balaban J connectivity index is 1.51. The van der Waals surface area contributed by atoms with Crippen molar-refractivity contribution in [2.24, 2.45) is 0 Å². The van der Waals surface area contributed by atoms with Gasteiger partial charge in [-0.25, -0.2) is 4.68 Å². The smallest absolute Gasteiger partial charge is 0.233 e. The average Bonchev–Trinajstić information content (AvgIpc) is 3.31. The number of benzene rings is 3. The fourth-order valence-corrected chi connectivity index (χ4v) is 4.55. The summed E-state index contributed by atoms with van der Waals surface area (Å²) < 4.78 is 29.1. The fourth-order valence-electron chi connectivity index (χ4n) is 3.51. The molecule has 36 heavy (non-hydrogen) atoms.